The first-order valence-corrected chi connectivity index (χ1v) is 9.21. The first-order valence-electron chi connectivity index (χ1n) is 9.21. The van der Waals surface area contributed by atoms with Crippen molar-refractivity contribution in [2.45, 2.75) is 38.4 Å². The van der Waals surface area contributed by atoms with E-state index < -0.39 is 6.55 Å². The molecule has 0 saturated carbocycles. The van der Waals surface area contributed by atoms with E-state index in [0.717, 1.165) is 23.4 Å². The van der Waals surface area contributed by atoms with E-state index in [-0.39, 0.29) is 18.4 Å². The van der Waals surface area contributed by atoms with Gasteiger partial charge in [-0.15, -0.1) is 0 Å². The van der Waals surface area contributed by atoms with Gasteiger partial charge in [-0.3, -0.25) is 14.5 Å². The van der Waals surface area contributed by atoms with Gasteiger partial charge in [-0.1, -0.05) is 6.42 Å². The minimum atomic E-state index is -2.61. The molecule has 0 aromatic carbocycles. The summed E-state index contributed by atoms with van der Waals surface area (Å²) in [5.41, 5.74) is 0. The number of piperidine rings is 1. The van der Waals surface area contributed by atoms with Crippen LogP contribution >= 0.6 is 0 Å². The Morgan fingerprint density at radius 3 is 2.78 bits per heavy atom. The van der Waals surface area contributed by atoms with Crippen LogP contribution in [0.3, 0.4) is 0 Å². The molecule has 27 heavy (non-hydrogen) atoms. The van der Waals surface area contributed by atoms with E-state index in [1.54, 1.807) is 13.3 Å². The van der Waals surface area contributed by atoms with Crippen LogP contribution < -0.4 is 10.6 Å². The SMILES string of the molecule is CN=C(NCc1nccn1C(F)F)NCC(c1ccco1)N1CCCCC1. The number of alkyl halides is 2. The molecule has 0 spiro atoms. The van der Waals surface area contributed by atoms with E-state index in [0.29, 0.717) is 12.5 Å². The molecule has 1 saturated heterocycles. The molecule has 2 aromatic heterocycles. The van der Waals surface area contributed by atoms with Crippen LogP contribution in [0.1, 0.15) is 43.4 Å². The number of guanidine groups is 1. The maximum atomic E-state index is 12.9. The Morgan fingerprint density at radius 1 is 1.30 bits per heavy atom. The molecule has 1 unspecified atom stereocenters. The minimum Gasteiger partial charge on any atom is -0.468 e. The smallest absolute Gasteiger partial charge is 0.319 e. The van der Waals surface area contributed by atoms with Crippen LogP contribution in [0, 0.1) is 0 Å². The molecular weight excluding hydrogens is 354 g/mol. The van der Waals surface area contributed by atoms with Crippen LogP contribution in [-0.2, 0) is 6.54 Å². The summed E-state index contributed by atoms with van der Waals surface area (Å²) in [7, 11) is 1.65. The molecule has 3 heterocycles. The predicted molar refractivity (Wildman–Crippen MR) is 98.6 cm³/mol. The van der Waals surface area contributed by atoms with Crippen LogP contribution in [-0.4, -0.2) is 47.1 Å². The van der Waals surface area contributed by atoms with Gasteiger partial charge >= 0.3 is 6.55 Å². The molecule has 9 heteroatoms. The summed E-state index contributed by atoms with van der Waals surface area (Å²) in [6.45, 7) is 0.222. The number of halogens is 2. The fourth-order valence-corrected chi connectivity index (χ4v) is 3.36. The largest absolute Gasteiger partial charge is 0.468 e. The molecule has 1 aliphatic heterocycles. The van der Waals surface area contributed by atoms with Crippen molar-refractivity contribution in [3.63, 3.8) is 0 Å². The van der Waals surface area contributed by atoms with Crippen molar-refractivity contribution in [3.05, 3.63) is 42.4 Å². The number of rotatable bonds is 7. The average Bonchev–Trinajstić information content (AvgIpc) is 3.37. The standard InChI is InChI=1S/C18H26F2N6O/c1-21-18(24-13-16-22-7-10-26(16)17(19)20)23-12-14(15-6-5-11-27-15)25-8-3-2-4-9-25/h5-7,10-11,14,17H,2-4,8-9,12-13H2,1H3,(H2,21,23,24). The fraction of sp³-hybridized carbons (Fsp3) is 0.556. The van der Waals surface area contributed by atoms with E-state index in [1.807, 2.05) is 12.1 Å². The Balaban J connectivity index is 1.58. The highest BCUT2D eigenvalue weighted by molar-refractivity contribution is 5.79. The first-order chi connectivity index (χ1) is 13.2. The third-order valence-corrected chi connectivity index (χ3v) is 4.76. The summed E-state index contributed by atoms with van der Waals surface area (Å²) in [4.78, 5) is 10.6. The van der Waals surface area contributed by atoms with Gasteiger partial charge in [0, 0.05) is 26.0 Å². The van der Waals surface area contributed by atoms with Crippen molar-refractivity contribution in [1.82, 2.24) is 25.1 Å². The Hall–Kier alpha value is -2.42. The van der Waals surface area contributed by atoms with Gasteiger partial charge in [0.25, 0.3) is 0 Å². The Kier molecular flexibility index (Phi) is 6.80. The highest BCUT2D eigenvalue weighted by Gasteiger charge is 2.24. The van der Waals surface area contributed by atoms with E-state index >= 15 is 0 Å². The number of hydrogen-bond acceptors (Lipinski definition) is 4. The fourth-order valence-electron chi connectivity index (χ4n) is 3.36. The van der Waals surface area contributed by atoms with Crippen LogP contribution in [0.25, 0.3) is 0 Å². The highest BCUT2D eigenvalue weighted by Crippen LogP contribution is 2.24. The van der Waals surface area contributed by atoms with E-state index in [2.05, 4.69) is 25.5 Å². The summed E-state index contributed by atoms with van der Waals surface area (Å²) in [5.74, 6) is 1.70. The lowest BCUT2D eigenvalue weighted by molar-refractivity contribution is 0.0668. The third-order valence-electron chi connectivity index (χ3n) is 4.76. The zero-order valence-corrected chi connectivity index (χ0v) is 15.4. The van der Waals surface area contributed by atoms with Crippen molar-refractivity contribution < 1.29 is 13.2 Å². The summed E-state index contributed by atoms with van der Waals surface area (Å²) >= 11 is 0. The molecule has 0 radical (unpaired) electrons. The summed E-state index contributed by atoms with van der Waals surface area (Å²) in [6, 6.07) is 3.97. The zero-order chi connectivity index (χ0) is 19.1. The molecule has 0 aliphatic carbocycles. The zero-order valence-electron chi connectivity index (χ0n) is 15.4. The molecule has 3 rings (SSSR count). The van der Waals surface area contributed by atoms with Crippen LogP contribution in [0.15, 0.2) is 40.2 Å². The molecule has 2 aromatic rings. The molecule has 148 valence electrons. The normalized spacial score (nSPS) is 17.3. The van der Waals surface area contributed by atoms with Gasteiger partial charge in [0.05, 0.1) is 18.8 Å². The first kappa shape index (κ1) is 19.3. The third kappa shape index (κ3) is 5.06. The number of aromatic nitrogens is 2. The molecule has 1 fully saturated rings. The van der Waals surface area contributed by atoms with E-state index in [9.17, 15) is 8.78 Å². The van der Waals surface area contributed by atoms with Gasteiger partial charge in [-0.2, -0.15) is 8.78 Å². The molecular formula is C18H26F2N6O. The monoisotopic (exact) mass is 380 g/mol. The van der Waals surface area contributed by atoms with Crippen molar-refractivity contribution in [2.75, 3.05) is 26.7 Å². The number of aliphatic imine (C=N–C) groups is 1. The molecule has 7 nitrogen and oxygen atoms in total. The molecule has 1 atom stereocenters. The van der Waals surface area contributed by atoms with Crippen molar-refractivity contribution in [3.8, 4) is 0 Å². The number of nitrogens with one attached hydrogen (secondary N) is 2. The van der Waals surface area contributed by atoms with Crippen molar-refractivity contribution in [2.24, 2.45) is 4.99 Å². The summed E-state index contributed by atoms with van der Waals surface area (Å²) in [6.07, 6.45) is 7.93. The lowest BCUT2D eigenvalue weighted by Gasteiger charge is -2.33. The number of furan rings is 1. The Bertz CT molecular complexity index is 709. The van der Waals surface area contributed by atoms with E-state index in [4.69, 9.17) is 4.42 Å². The van der Waals surface area contributed by atoms with Gasteiger partial charge in [-0.05, 0) is 38.1 Å². The second-order valence-electron chi connectivity index (χ2n) is 6.46. The van der Waals surface area contributed by atoms with Gasteiger partial charge < -0.3 is 15.1 Å². The number of nitrogens with zero attached hydrogens (tertiary/aromatic N) is 4. The number of imidazole rings is 1. The van der Waals surface area contributed by atoms with Crippen LogP contribution in [0.4, 0.5) is 8.78 Å². The number of likely N-dealkylation sites (tertiary alicyclic amines) is 1. The molecule has 1 aliphatic rings. The van der Waals surface area contributed by atoms with Crippen molar-refractivity contribution in [1.29, 1.82) is 0 Å². The van der Waals surface area contributed by atoms with Gasteiger partial charge in [0.1, 0.15) is 11.6 Å². The Morgan fingerprint density at radius 2 is 2.11 bits per heavy atom. The summed E-state index contributed by atoms with van der Waals surface area (Å²) < 4.78 is 32.3. The summed E-state index contributed by atoms with van der Waals surface area (Å²) in [5, 5.41) is 6.32. The van der Waals surface area contributed by atoms with Gasteiger partial charge in [0.2, 0.25) is 0 Å². The van der Waals surface area contributed by atoms with Crippen LogP contribution in [0.2, 0.25) is 0 Å². The lowest BCUT2D eigenvalue weighted by Crippen LogP contribution is -2.44. The van der Waals surface area contributed by atoms with Crippen molar-refractivity contribution >= 4 is 5.96 Å². The quantitative estimate of drug-likeness (QED) is 0.571. The Labute approximate surface area is 157 Å². The lowest BCUT2D eigenvalue weighted by atomic mass is 10.1. The maximum Gasteiger partial charge on any atom is 0.319 e. The molecule has 2 N–H and O–H groups in total. The second-order valence-corrected chi connectivity index (χ2v) is 6.46. The van der Waals surface area contributed by atoms with E-state index in [1.165, 1.54) is 31.7 Å². The van der Waals surface area contributed by atoms with Crippen LogP contribution in [0.5, 0.6) is 0 Å². The topological polar surface area (TPSA) is 70.6 Å². The highest BCUT2D eigenvalue weighted by atomic mass is 19.3. The molecule has 0 amide bonds. The minimum absolute atomic E-state index is 0.0990. The second kappa shape index (κ2) is 9.50. The average molecular weight is 380 g/mol. The number of hydrogen-bond donors (Lipinski definition) is 2. The van der Waals surface area contributed by atoms with Gasteiger partial charge in [0.15, 0.2) is 5.96 Å². The predicted octanol–water partition coefficient (Wildman–Crippen LogP) is 2.76. The van der Waals surface area contributed by atoms with Gasteiger partial charge in [-0.25, -0.2) is 4.98 Å². The molecule has 0 bridgehead atoms. The maximum absolute atomic E-state index is 12.9.